The highest BCUT2D eigenvalue weighted by molar-refractivity contribution is 6.39. The highest BCUT2D eigenvalue weighted by Crippen LogP contribution is 2.57. The molecule has 4 aliphatic rings. The van der Waals surface area contributed by atoms with Crippen LogP contribution < -0.4 is 10.1 Å². The molecule has 3 atom stereocenters. The number of hydrogen-bond acceptors (Lipinski definition) is 3. The fourth-order valence-corrected chi connectivity index (χ4v) is 5.35. The van der Waals surface area contributed by atoms with Crippen LogP contribution in [0.2, 0.25) is 5.82 Å². The van der Waals surface area contributed by atoms with Gasteiger partial charge in [0.25, 0.3) is 0 Å². The highest BCUT2D eigenvalue weighted by atomic mass is 16.5. The second kappa shape index (κ2) is 6.63. The minimum Gasteiger partial charge on any atom is -0.486 e. The van der Waals surface area contributed by atoms with Gasteiger partial charge in [0.15, 0.2) is 0 Å². The molecule has 0 aromatic heterocycles. The molecule has 3 nitrogen and oxygen atoms in total. The van der Waals surface area contributed by atoms with Crippen LogP contribution in [0.3, 0.4) is 0 Å². The molecular weight excluding hydrogens is 319 g/mol. The molecule has 4 heteroatoms. The van der Waals surface area contributed by atoms with Gasteiger partial charge < -0.3 is 15.0 Å². The van der Waals surface area contributed by atoms with Crippen LogP contribution in [0.4, 0.5) is 0 Å². The normalized spacial score (nSPS) is 29.9. The summed E-state index contributed by atoms with van der Waals surface area (Å²) < 4.78 is 6.37. The number of allylic oxidation sites excluding steroid dienone is 1. The van der Waals surface area contributed by atoms with E-state index in [1.807, 2.05) is 0 Å². The zero-order valence-electron chi connectivity index (χ0n) is 16.1. The molecule has 0 amide bonds. The lowest BCUT2D eigenvalue weighted by Crippen LogP contribution is -2.53. The van der Waals surface area contributed by atoms with Gasteiger partial charge in [0, 0.05) is 5.70 Å². The third kappa shape index (κ3) is 3.07. The number of fused-ring (bicyclic) bond motifs is 3. The number of rotatable bonds is 5. The molecule has 0 bridgehead atoms. The third-order valence-electron chi connectivity index (χ3n) is 7.18. The minimum absolute atomic E-state index is 0.324. The van der Waals surface area contributed by atoms with Crippen molar-refractivity contribution in [1.29, 1.82) is 0 Å². The average molecular weight is 350 g/mol. The van der Waals surface area contributed by atoms with Gasteiger partial charge in [-0.2, -0.15) is 0 Å². The van der Waals surface area contributed by atoms with Gasteiger partial charge >= 0.3 is 0 Å². The molecule has 26 heavy (non-hydrogen) atoms. The van der Waals surface area contributed by atoms with Crippen LogP contribution in [0, 0.1) is 12.8 Å². The van der Waals surface area contributed by atoms with Gasteiger partial charge in [0.2, 0.25) is 0 Å². The summed E-state index contributed by atoms with van der Waals surface area (Å²) in [5.74, 6) is 3.74. The minimum atomic E-state index is 0.324. The molecule has 138 valence electrons. The Kier molecular flexibility index (Phi) is 4.27. The van der Waals surface area contributed by atoms with Crippen molar-refractivity contribution in [2.24, 2.45) is 5.92 Å². The highest BCUT2D eigenvalue weighted by Gasteiger charge is 2.43. The van der Waals surface area contributed by atoms with Crippen molar-refractivity contribution < 1.29 is 4.74 Å². The van der Waals surface area contributed by atoms with Crippen LogP contribution in [0.15, 0.2) is 24.4 Å². The second-order valence-corrected chi connectivity index (χ2v) is 9.03. The number of hydrogen-bond donors (Lipinski definition) is 1. The predicted octanol–water partition coefficient (Wildman–Crippen LogP) is 3.19. The SMILES string of the molecule is C=C(CC1CCCNC1)N1CC(Oc2ccc3c(c2C)CBC2CC32)C1. The van der Waals surface area contributed by atoms with Crippen LogP contribution in [0.1, 0.15) is 48.3 Å². The van der Waals surface area contributed by atoms with Crippen LogP contribution in [-0.2, 0) is 6.32 Å². The van der Waals surface area contributed by atoms with Crippen molar-refractivity contribution in [2.75, 3.05) is 26.2 Å². The van der Waals surface area contributed by atoms with Crippen molar-refractivity contribution in [2.45, 2.75) is 56.8 Å². The Balaban J connectivity index is 1.16. The van der Waals surface area contributed by atoms with E-state index in [1.54, 1.807) is 11.1 Å². The molecule has 1 aliphatic carbocycles. The first kappa shape index (κ1) is 16.7. The van der Waals surface area contributed by atoms with Crippen molar-refractivity contribution in [3.8, 4) is 5.75 Å². The molecule has 2 saturated heterocycles. The van der Waals surface area contributed by atoms with Gasteiger partial charge in [-0.15, -0.1) is 0 Å². The van der Waals surface area contributed by atoms with E-state index in [0.717, 1.165) is 49.5 Å². The Labute approximate surface area is 158 Å². The smallest absolute Gasteiger partial charge is 0.133 e. The Morgan fingerprint density at radius 3 is 3.08 bits per heavy atom. The van der Waals surface area contributed by atoms with E-state index in [0.29, 0.717) is 6.10 Å². The second-order valence-electron chi connectivity index (χ2n) is 9.03. The van der Waals surface area contributed by atoms with Crippen LogP contribution in [0.5, 0.6) is 5.75 Å². The summed E-state index contributed by atoms with van der Waals surface area (Å²) in [5, 5.41) is 3.51. The summed E-state index contributed by atoms with van der Waals surface area (Å²) in [7, 11) is 1.38. The van der Waals surface area contributed by atoms with Gasteiger partial charge in [-0.1, -0.05) is 31.2 Å². The van der Waals surface area contributed by atoms with E-state index in [4.69, 9.17) is 4.74 Å². The van der Waals surface area contributed by atoms with E-state index in [1.165, 1.54) is 50.7 Å². The van der Waals surface area contributed by atoms with E-state index in [2.05, 4.69) is 35.9 Å². The maximum Gasteiger partial charge on any atom is 0.133 e. The summed E-state index contributed by atoms with van der Waals surface area (Å²) in [4.78, 5) is 2.42. The Bertz CT molecular complexity index is 706. The van der Waals surface area contributed by atoms with Gasteiger partial charge in [-0.05, 0) is 73.9 Å². The third-order valence-corrected chi connectivity index (χ3v) is 7.18. The molecule has 3 heterocycles. The lowest BCUT2D eigenvalue weighted by Gasteiger charge is -2.43. The molecule has 1 aromatic carbocycles. The summed E-state index contributed by atoms with van der Waals surface area (Å²) in [6.07, 6.45) is 6.79. The molecule has 5 rings (SSSR count). The summed E-state index contributed by atoms with van der Waals surface area (Å²) >= 11 is 0. The topological polar surface area (TPSA) is 24.5 Å². The van der Waals surface area contributed by atoms with E-state index >= 15 is 0 Å². The molecule has 3 fully saturated rings. The summed E-state index contributed by atoms with van der Waals surface area (Å²) in [5.41, 5.74) is 5.92. The first-order valence-electron chi connectivity index (χ1n) is 10.6. The zero-order valence-corrected chi connectivity index (χ0v) is 16.1. The number of benzene rings is 1. The number of piperidine rings is 1. The summed E-state index contributed by atoms with van der Waals surface area (Å²) in [6.45, 7) is 11.0. The van der Waals surface area contributed by atoms with Crippen molar-refractivity contribution in [1.82, 2.24) is 10.2 Å². The van der Waals surface area contributed by atoms with E-state index in [-0.39, 0.29) is 0 Å². The van der Waals surface area contributed by atoms with E-state index in [9.17, 15) is 0 Å². The molecule has 0 radical (unpaired) electrons. The van der Waals surface area contributed by atoms with Crippen molar-refractivity contribution in [3.63, 3.8) is 0 Å². The summed E-state index contributed by atoms with van der Waals surface area (Å²) in [6, 6.07) is 4.59. The fourth-order valence-electron chi connectivity index (χ4n) is 5.35. The van der Waals surface area contributed by atoms with Gasteiger partial charge in [-0.3, -0.25) is 0 Å². The molecular formula is C22H31BN2O. The van der Waals surface area contributed by atoms with Crippen molar-refractivity contribution in [3.05, 3.63) is 41.1 Å². The van der Waals surface area contributed by atoms with Crippen molar-refractivity contribution >= 4 is 7.28 Å². The molecule has 1 saturated carbocycles. The quantitative estimate of drug-likeness (QED) is 0.826. The standard InChI is InChI=1S/C22H31BN2O/c1-14(8-16-4-3-7-24-11-16)25-12-17(13-25)26-22-6-5-18-19-9-21(19)23-10-20(18)15(22)2/h5-6,16-17,19,21,23-24H,1,3-4,7-13H2,2H3. The Morgan fingerprint density at radius 2 is 2.27 bits per heavy atom. The lowest BCUT2D eigenvalue weighted by atomic mass is 9.61. The molecule has 3 aliphatic heterocycles. The number of nitrogens with zero attached hydrogens (tertiary/aromatic N) is 1. The number of ether oxygens (including phenoxy) is 1. The zero-order chi connectivity index (χ0) is 17.7. The predicted molar refractivity (Wildman–Crippen MR) is 108 cm³/mol. The Morgan fingerprint density at radius 1 is 1.38 bits per heavy atom. The van der Waals surface area contributed by atoms with Crippen LogP contribution in [-0.4, -0.2) is 44.5 Å². The molecule has 1 aromatic rings. The maximum atomic E-state index is 6.37. The monoisotopic (exact) mass is 350 g/mol. The lowest BCUT2D eigenvalue weighted by molar-refractivity contribution is 0.0394. The largest absolute Gasteiger partial charge is 0.486 e. The van der Waals surface area contributed by atoms with Gasteiger partial charge in [0.05, 0.1) is 13.1 Å². The fraction of sp³-hybridized carbons (Fsp3) is 0.636. The first-order chi connectivity index (χ1) is 12.7. The molecule has 1 N–H and O–H groups in total. The number of nitrogens with one attached hydrogen (secondary N) is 1. The van der Waals surface area contributed by atoms with Gasteiger partial charge in [0.1, 0.15) is 19.1 Å². The number of likely N-dealkylation sites (tertiary alicyclic amines) is 1. The van der Waals surface area contributed by atoms with Crippen LogP contribution >= 0.6 is 0 Å². The molecule has 0 spiro atoms. The maximum absolute atomic E-state index is 6.37. The van der Waals surface area contributed by atoms with Crippen LogP contribution in [0.25, 0.3) is 0 Å². The van der Waals surface area contributed by atoms with E-state index < -0.39 is 0 Å². The Hall–Kier alpha value is -1.42. The molecule has 3 unspecified atom stereocenters. The van der Waals surface area contributed by atoms with Gasteiger partial charge in [-0.25, -0.2) is 0 Å². The first-order valence-corrected chi connectivity index (χ1v) is 10.6. The average Bonchev–Trinajstić information content (AvgIpc) is 3.40.